The topological polar surface area (TPSA) is 54.0 Å². The van der Waals surface area contributed by atoms with Crippen molar-refractivity contribution in [3.05, 3.63) is 0 Å². The predicted octanol–water partition coefficient (Wildman–Crippen LogP) is 1.68. The van der Waals surface area contributed by atoms with Crippen molar-refractivity contribution in [1.29, 1.82) is 0 Å². The zero-order valence-corrected chi connectivity index (χ0v) is 11.9. The summed E-state index contributed by atoms with van der Waals surface area (Å²) in [6.07, 6.45) is 1.50. The van der Waals surface area contributed by atoms with Crippen LogP contribution in [0.15, 0.2) is 0 Å². The third-order valence-corrected chi connectivity index (χ3v) is 3.85. The molecule has 16 heavy (non-hydrogen) atoms. The average Bonchev–Trinajstić information content (AvgIpc) is 2.20. The van der Waals surface area contributed by atoms with Gasteiger partial charge in [0.1, 0.15) is 0 Å². The van der Waals surface area contributed by atoms with Crippen LogP contribution in [-0.4, -0.2) is 41.8 Å². The Bertz CT molecular complexity index is 125. The van der Waals surface area contributed by atoms with E-state index < -0.39 is 9.05 Å². The molecule has 1 radical (unpaired) electrons. The van der Waals surface area contributed by atoms with E-state index in [9.17, 15) is 0 Å². The van der Waals surface area contributed by atoms with Crippen molar-refractivity contribution in [3.63, 3.8) is 0 Å². The van der Waals surface area contributed by atoms with Crippen LogP contribution in [0.3, 0.4) is 0 Å². The normalized spacial score (nSPS) is 10.6. The predicted molar refractivity (Wildman–Crippen MR) is 63.6 cm³/mol. The molecule has 0 saturated carbocycles. The molecule has 0 saturated heterocycles. The van der Waals surface area contributed by atoms with Crippen molar-refractivity contribution in [3.8, 4) is 0 Å². The molecule has 0 aromatic rings. The molecule has 0 aromatic heterocycles. The highest BCUT2D eigenvalue weighted by atomic mass is 28.4. The quantitative estimate of drug-likeness (QED) is 0.614. The fraction of sp³-hybridized carbons (Fsp3) is 0.900. The largest absolute Gasteiger partial charge is 0.679 e. The van der Waals surface area contributed by atoms with Crippen LogP contribution < -0.4 is 0 Å². The Labute approximate surface area is 99.5 Å². The first kappa shape index (κ1) is 18.1. The van der Waals surface area contributed by atoms with Gasteiger partial charge in [0.05, 0.1) is 0 Å². The SMILES string of the molecule is CCO[Si](OCC)(OCC)OCC.C[C]=O. The van der Waals surface area contributed by atoms with Gasteiger partial charge in [-0.15, -0.1) is 0 Å². The molecule has 0 aliphatic heterocycles. The van der Waals surface area contributed by atoms with Crippen molar-refractivity contribution in [2.75, 3.05) is 26.4 Å². The first-order valence-corrected chi connectivity index (χ1v) is 7.14. The van der Waals surface area contributed by atoms with Crippen molar-refractivity contribution in [2.24, 2.45) is 0 Å². The highest BCUT2D eigenvalue weighted by Gasteiger charge is 2.44. The Hall–Kier alpha value is -0.273. The van der Waals surface area contributed by atoms with Gasteiger partial charge in [0.25, 0.3) is 0 Å². The monoisotopic (exact) mass is 251 g/mol. The maximum absolute atomic E-state index is 8.68. The van der Waals surface area contributed by atoms with Gasteiger partial charge in [-0.1, -0.05) is 0 Å². The van der Waals surface area contributed by atoms with Crippen molar-refractivity contribution in [2.45, 2.75) is 34.6 Å². The van der Waals surface area contributed by atoms with Gasteiger partial charge in [-0.2, -0.15) is 0 Å². The zero-order chi connectivity index (χ0) is 12.9. The van der Waals surface area contributed by atoms with E-state index in [1.807, 2.05) is 27.7 Å². The van der Waals surface area contributed by atoms with Crippen molar-refractivity contribution in [1.82, 2.24) is 0 Å². The Kier molecular flexibility index (Phi) is 14.5. The van der Waals surface area contributed by atoms with Crippen LogP contribution in [-0.2, 0) is 22.5 Å². The van der Waals surface area contributed by atoms with E-state index in [4.69, 9.17) is 22.5 Å². The Morgan fingerprint density at radius 1 is 0.812 bits per heavy atom. The van der Waals surface area contributed by atoms with E-state index in [2.05, 4.69) is 0 Å². The van der Waals surface area contributed by atoms with Crippen LogP contribution in [0.4, 0.5) is 0 Å². The smallest absolute Gasteiger partial charge is 0.351 e. The van der Waals surface area contributed by atoms with Crippen LogP contribution >= 0.6 is 0 Å². The summed E-state index contributed by atoms with van der Waals surface area (Å²) in [7, 11) is -2.80. The van der Waals surface area contributed by atoms with Crippen molar-refractivity contribution >= 4 is 15.3 Å². The summed E-state index contributed by atoms with van der Waals surface area (Å²) in [4.78, 5) is 8.68. The molecule has 0 aromatic carbocycles. The highest BCUT2D eigenvalue weighted by Crippen LogP contribution is 2.11. The summed E-state index contributed by atoms with van der Waals surface area (Å²) in [6, 6.07) is 0. The molecule has 97 valence electrons. The number of hydrogen-bond donors (Lipinski definition) is 0. The van der Waals surface area contributed by atoms with E-state index in [0.29, 0.717) is 26.4 Å². The molecule has 0 rings (SSSR count). The molecule has 0 unspecified atom stereocenters. The summed E-state index contributed by atoms with van der Waals surface area (Å²) < 4.78 is 21.7. The van der Waals surface area contributed by atoms with Gasteiger partial charge in [0.2, 0.25) is 0 Å². The summed E-state index contributed by atoms with van der Waals surface area (Å²) in [5.41, 5.74) is 0. The summed E-state index contributed by atoms with van der Waals surface area (Å²) in [6.45, 7) is 11.1. The molecule has 0 atom stereocenters. The third-order valence-electron chi connectivity index (χ3n) is 1.28. The summed E-state index contributed by atoms with van der Waals surface area (Å²) in [5.74, 6) is 0. The lowest BCUT2D eigenvalue weighted by atomic mass is 10.9. The molecular weight excluding hydrogens is 228 g/mol. The van der Waals surface area contributed by atoms with Crippen LogP contribution in [0, 0.1) is 0 Å². The van der Waals surface area contributed by atoms with Gasteiger partial charge in [0, 0.05) is 33.4 Å². The number of carbonyl (C=O) groups excluding carboxylic acids is 1. The van der Waals surface area contributed by atoms with Gasteiger partial charge < -0.3 is 17.7 Å². The zero-order valence-electron chi connectivity index (χ0n) is 10.9. The van der Waals surface area contributed by atoms with Gasteiger partial charge >= 0.3 is 9.05 Å². The molecular formula is C10H23O5Si. The molecule has 5 nitrogen and oxygen atoms in total. The number of rotatable bonds is 8. The maximum atomic E-state index is 8.68. The fourth-order valence-corrected chi connectivity index (χ4v) is 2.87. The van der Waals surface area contributed by atoms with Crippen LogP contribution in [0.5, 0.6) is 0 Å². The van der Waals surface area contributed by atoms with E-state index in [1.54, 1.807) is 0 Å². The second-order valence-electron chi connectivity index (χ2n) is 2.44. The average molecular weight is 251 g/mol. The lowest BCUT2D eigenvalue weighted by molar-refractivity contribution is -0.0247. The lowest BCUT2D eigenvalue weighted by Crippen LogP contribution is -2.49. The fourth-order valence-electron chi connectivity index (χ4n) is 0.957. The second kappa shape index (κ2) is 12.8. The summed E-state index contributed by atoms with van der Waals surface area (Å²) >= 11 is 0. The van der Waals surface area contributed by atoms with Gasteiger partial charge in [-0.25, -0.2) is 0 Å². The third kappa shape index (κ3) is 8.99. The van der Waals surface area contributed by atoms with Gasteiger partial charge in [-0.3, -0.25) is 4.79 Å². The molecule has 0 N–H and O–H groups in total. The van der Waals surface area contributed by atoms with E-state index in [0.717, 1.165) is 0 Å². The molecule has 0 aliphatic rings. The first-order chi connectivity index (χ1) is 7.66. The Morgan fingerprint density at radius 3 is 1.12 bits per heavy atom. The minimum atomic E-state index is -2.80. The summed E-state index contributed by atoms with van der Waals surface area (Å²) in [5, 5.41) is 0. The molecule has 0 aliphatic carbocycles. The van der Waals surface area contributed by atoms with Crippen LogP contribution in [0.1, 0.15) is 34.6 Å². The molecule has 0 spiro atoms. The molecule has 0 amide bonds. The minimum Gasteiger partial charge on any atom is -0.351 e. The molecule has 0 heterocycles. The molecule has 0 fully saturated rings. The standard InChI is InChI=1S/C8H20O4Si.C2H3O/c1-5-9-13(10-6-2,11-7-3)12-8-4;1-2-3/h5-8H2,1-4H3;1H3. The van der Waals surface area contributed by atoms with E-state index >= 15 is 0 Å². The Balaban J connectivity index is 0. The van der Waals surface area contributed by atoms with Crippen LogP contribution in [0.2, 0.25) is 0 Å². The molecule has 6 heteroatoms. The van der Waals surface area contributed by atoms with E-state index in [1.165, 1.54) is 13.2 Å². The minimum absolute atomic E-state index is 0.548. The number of hydrogen-bond acceptors (Lipinski definition) is 5. The highest BCUT2D eigenvalue weighted by molar-refractivity contribution is 6.53. The Morgan fingerprint density at radius 2 is 1.00 bits per heavy atom. The second-order valence-corrected chi connectivity index (χ2v) is 4.59. The molecule has 0 bridgehead atoms. The van der Waals surface area contributed by atoms with E-state index in [-0.39, 0.29) is 0 Å². The lowest BCUT2D eigenvalue weighted by Gasteiger charge is -2.26. The first-order valence-electron chi connectivity index (χ1n) is 5.50. The van der Waals surface area contributed by atoms with Crippen LogP contribution in [0.25, 0.3) is 0 Å². The maximum Gasteiger partial charge on any atom is 0.679 e. The van der Waals surface area contributed by atoms with Crippen molar-refractivity contribution < 1.29 is 22.5 Å². The van der Waals surface area contributed by atoms with Gasteiger partial charge in [0.15, 0.2) is 6.29 Å². The van der Waals surface area contributed by atoms with Gasteiger partial charge in [-0.05, 0) is 27.7 Å².